The zero-order valence-corrected chi connectivity index (χ0v) is 16.3. The van der Waals surface area contributed by atoms with Gasteiger partial charge in [0.05, 0.1) is 0 Å². The van der Waals surface area contributed by atoms with Crippen LogP contribution in [-0.2, 0) is 9.59 Å². The Kier molecular flexibility index (Phi) is 6.34. The average molecular weight is 385 g/mol. The normalized spacial score (nSPS) is 16.8. The van der Waals surface area contributed by atoms with Gasteiger partial charge in [0.2, 0.25) is 11.8 Å². The molecule has 1 fully saturated rings. The molecule has 2 amide bonds. The SMILES string of the molecule is C=CCCC(=O)N1CCCC[C@@H]1C(=O)Nc1cccc(-c2nnc(C)s2)c1. The Morgan fingerprint density at radius 1 is 1.37 bits per heavy atom. The lowest BCUT2D eigenvalue weighted by Crippen LogP contribution is -2.49. The van der Waals surface area contributed by atoms with E-state index < -0.39 is 6.04 Å². The number of rotatable bonds is 6. The number of allylic oxidation sites excluding steroid dienone is 1. The van der Waals surface area contributed by atoms with E-state index in [-0.39, 0.29) is 11.8 Å². The maximum atomic E-state index is 12.9. The lowest BCUT2D eigenvalue weighted by molar-refractivity contribution is -0.140. The van der Waals surface area contributed by atoms with E-state index in [1.165, 1.54) is 11.3 Å². The molecular formula is C20H24N4O2S. The van der Waals surface area contributed by atoms with E-state index in [1.54, 1.807) is 11.0 Å². The van der Waals surface area contributed by atoms with Crippen LogP contribution in [0.2, 0.25) is 0 Å². The molecule has 0 bridgehead atoms. The molecule has 0 aliphatic carbocycles. The van der Waals surface area contributed by atoms with Crippen molar-refractivity contribution in [3.8, 4) is 10.6 Å². The maximum absolute atomic E-state index is 12.9. The highest BCUT2D eigenvalue weighted by atomic mass is 32.1. The summed E-state index contributed by atoms with van der Waals surface area (Å²) in [5.41, 5.74) is 1.62. The van der Waals surface area contributed by atoms with Crippen molar-refractivity contribution in [3.05, 3.63) is 41.9 Å². The summed E-state index contributed by atoms with van der Waals surface area (Å²) in [4.78, 5) is 27.0. The van der Waals surface area contributed by atoms with Crippen LogP contribution in [0.15, 0.2) is 36.9 Å². The predicted molar refractivity (Wildman–Crippen MR) is 107 cm³/mol. The average Bonchev–Trinajstić information content (AvgIpc) is 3.12. The van der Waals surface area contributed by atoms with Gasteiger partial charge in [0.25, 0.3) is 0 Å². The second-order valence-electron chi connectivity index (χ2n) is 6.62. The number of aromatic nitrogens is 2. The van der Waals surface area contributed by atoms with Gasteiger partial charge in [-0.25, -0.2) is 0 Å². The van der Waals surface area contributed by atoms with Crippen LogP contribution in [0.1, 0.15) is 37.1 Å². The van der Waals surface area contributed by atoms with Gasteiger partial charge in [-0.2, -0.15) is 0 Å². The molecule has 142 valence electrons. The molecule has 1 aliphatic rings. The molecule has 2 aromatic rings. The Hall–Kier alpha value is -2.54. The Morgan fingerprint density at radius 3 is 2.96 bits per heavy atom. The van der Waals surface area contributed by atoms with Crippen molar-refractivity contribution >= 4 is 28.8 Å². The van der Waals surface area contributed by atoms with Gasteiger partial charge in [0.1, 0.15) is 16.1 Å². The second kappa shape index (κ2) is 8.90. The van der Waals surface area contributed by atoms with E-state index in [0.29, 0.717) is 31.5 Å². The van der Waals surface area contributed by atoms with Crippen molar-refractivity contribution in [2.45, 2.75) is 45.1 Å². The number of benzene rings is 1. The number of hydrogen-bond donors (Lipinski definition) is 1. The first-order chi connectivity index (χ1) is 13.1. The number of piperidine rings is 1. The van der Waals surface area contributed by atoms with Gasteiger partial charge in [-0.05, 0) is 44.7 Å². The molecule has 7 heteroatoms. The lowest BCUT2D eigenvalue weighted by atomic mass is 10.0. The zero-order chi connectivity index (χ0) is 19.2. The van der Waals surface area contributed by atoms with Crippen LogP contribution >= 0.6 is 11.3 Å². The van der Waals surface area contributed by atoms with Crippen LogP contribution in [0, 0.1) is 6.92 Å². The minimum absolute atomic E-state index is 0.0211. The van der Waals surface area contributed by atoms with Crippen LogP contribution < -0.4 is 5.32 Å². The molecule has 1 aliphatic heterocycles. The van der Waals surface area contributed by atoms with Crippen LogP contribution in [-0.4, -0.2) is 39.5 Å². The number of nitrogens with one attached hydrogen (secondary N) is 1. The Bertz CT molecular complexity index is 833. The minimum Gasteiger partial charge on any atom is -0.331 e. The summed E-state index contributed by atoms with van der Waals surface area (Å²) in [5.74, 6) is -0.111. The second-order valence-corrected chi connectivity index (χ2v) is 7.80. The van der Waals surface area contributed by atoms with E-state index in [1.807, 2.05) is 31.2 Å². The molecule has 27 heavy (non-hydrogen) atoms. The maximum Gasteiger partial charge on any atom is 0.247 e. The number of aryl methyl sites for hydroxylation is 1. The molecular weight excluding hydrogens is 360 g/mol. The third-order valence-corrected chi connectivity index (χ3v) is 5.48. The fraction of sp³-hybridized carbons (Fsp3) is 0.400. The van der Waals surface area contributed by atoms with Crippen LogP contribution in [0.3, 0.4) is 0 Å². The molecule has 1 aromatic heterocycles. The van der Waals surface area contributed by atoms with E-state index in [0.717, 1.165) is 28.4 Å². The highest BCUT2D eigenvalue weighted by molar-refractivity contribution is 7.14. The first-order valence-corrected chi connectivity index (χ1v) is 10.0. The molecule has 1 N–H and O–H groups in total. The van der Waals surface area contributed by atoms with E-state index >= 15 is 0 Å². The van der Waals surface area contributed by atoms with Crippen LogP contribution in [0.25, 0.3) is 10.6 Å². The summed E-state index contributed by atoms with van der Waals surface area (Å²) in [6.45, 7) is 6.21. The first kappa shape index (κ1) is 19.2. The van der Waals surface area contributed by atoms with Gasteiger partial charge in [-0.3, -0.25) is 9.59 Å². The fourth-order valence-electron chi connectivity index (χ4n) is 3.24. The summed E-state index contributed by atoms with van der Waals surface area (Å²) in [5, 5.41) is 12.9. The molecule has 2 heterocycles. The molecule has 0 radical (unpaired) electrons. The van der Waals surface area contributed by atoms with E-state index in [4.69, 9.17) is 0 Å². The van der Waals surface area contributed by atoms with Gasteiger partial charge < -0.3 is 10.2 Å². The molecule has 0 saturated carbocycles. The topological polar surface area (TPSA) is 75.2 Å². The number of nitrogens with zero attached hydrogens (tertiary/aromatic N) is 3. The molecule has 1 aromatic carbocycles. The summed E-state index contributed by atoms with van der Waals surface area (Å²) in [6.07, 6.45) is 5.35. The summed E-state index contributed by atoms with van der Waals surface area (Å²) >= 11 is 1.51. The molecule has 0 spiro atoms. The van der Waals surface area contributed by atoms with E-state index in [9.17, 15) is 9.59 Å². The quantitative estimate of drug-likeness (QED) is 0.769. The van der Waals surface area contributed by atoms with Crippen LogP contribution in [0.5, 0.6) is 0 Å². The van der Waals surface area contributed by atoms with Crippen molar-refractivity contribution in [1.29, 1.82) is 0 Å². The van der Waals surface area contributed by atoms with Crippen molar-refractivity contribution in [2.75, 3.05) is 11.9 Å². The third kappa shape index (κ3) is 4.80. The molecule has 3 rings (SSSR count). The highest BCUT2D eigenvalue weighted by Crippen LogP contribution is 2.26. The van der Waals surface area contributed by atoms with E-state index in [2.05, 4.69) is 22.1 Å². The number of likely N-dealkylation sites (tertiary alicyclic amines) is 1. The largest absolute Gasteiger partial charge is 0.331 e. The van der Waals surface area contributed by atoms with Crippen molar-refractivity contribution in [1.82, 2.24) is 15.1 Å². The van der Waals surface area contributed by atoms with Crippen LogP contribution in [0.4, 0.5) is 5.69 Å². The fourth-order valence-corrected chi connectivity index (χ4v) is 3.93. The van der Waals surface area contributed by atoms with Gasteiger partial charge in [-0.15, -0.1) is 16.8 Å². The summed E-state index contributed by atoms with van der Waals surface area (Å²) in [6, 6.07) is 7.16. The smallest absolute Gasteiger partial charge is 0.247 e. The lowest BCUT2D eigenvalue weighted by Gasteiger charge is -2.34. The predicted octanol–water partition coefficient (Wildman–Crippen LogP) is 3.80. The van der Waals surface area contributed by atoms with Gasteiger partial charge in [-0.1, -0.05) is 29.5 Å². The monoisotopic (exact) mass is 384 g/mol. The van der Waals surface area contributed by atoms with Crippen molar-refractivity contribution in [3.63, 3.8) is 0 Å². The Balaban J connectivity index is 1.71. The number of hydrogen-bond acceptors (Lipinski definition) is 5. The third-order valence-electron chi connectivity index (χ3n) is 4.59. The minimum atomic E-state index is -0.413. The molecule has 1 saturated heterocycles. The first-order valence-electron chi connectivity index (χ1n) is 9.20. The standard InChI is InChI=1S/C20H24N4O2S/c1-3-4-11-18(25)24-12-6-5-10-17(24)19(26)21-16-9-7-8-15(13-16)20-23-22-14(2)27-20/h3,7-9,13,17H,1,4-6,10-12H2,2H3,(H,21,26)/t17-/m1/s1. The number of amides is 2. The molecule has 1 atom stereocenters. The van der Waals surface area contributed by atoms with Crippen molar-refractivity contribution < 1.29 is 9.59 Å². The van der Waals surface area contributed by atoms with Crippen molar-refractivity contribution in [2.24, 2.45) is 0 Å². The molecule has 0 unspecified atom stereocenters. The molecule has 6 nitrogen and oxygen atoms in total. The van der Waals surface area contributed by atoms with Gasteiger partial charge in [0.15, 0.2) is 0 Å². The summed E-state index contributed by atoms with van der Waals surface area (Å²) in [7, 11) is 0. The van der Waals surface area contributed by atoms with Gasteiger partial charge >= 0.3 is 0 Å². The number of anilines is 1. The zero-order valence-electron chi connectivity index (χ0n) is 15.5. The summed E-state index contributed by atoms with van der Waals surface area (Å²) < 4.78 is 0. The number of carbonyl (C=O) groups is 2. The van der Waals surface area contributed by atoms with Gasteiger partial charge in [0, 0.05) is 24.2 Å². The highest BCUT2D eigenvalue weighted by Gasteiger charge is 2.31. The number of carbonyl (C=O) groups excluding carboxylic acids is 2. The Morgan fingerprint density at radius 2 is 2.22 bits per heavy atom. The Labute approximate surface area is 163 Å².